The first kappa shape index (κ1) is 19.4. The van der Waals surface area contributed by atoms with Gasteiger partial charge in [0.1, 0.15) is 0 Å². The molecule has 0 bridgehead atoms. The zero-order valence-corrected chi connectivity index (χ0v) is 15.5. The maximum atomic E-state index is 11.7. The fourth-order valence-corrected chi connectivity index (χ4v) is 2.53. The molecule has 134 valence electrons. The van der Waals surface area contributed by atoms with E-state index in [4.69, 9.17) is 27.6 Å². The topological polar surface area (TPSA) is 102 Å². The van der Waals surface area contributed by atoms with Gasteiger partial charge >= 0.3 is 5.22 Å². The Bertz CT molecular complexity index is 894. The van der Waals surface area contributed by atoms with Crippen LogP contribution < -0.4 is 5.32 Å². The van der Waals surface area contributed by atoms with Crippen molar-refractivity contribution in [1.82, 2.24) is 15.5 Å². The maximum Gasteiger partial charge on any atom is 0.335 e. The summed E-state index contributed by atoms with van der Waals surface area (Å²) < 4.78 is 27.5. The molecule has 0 saturated carbocycles. The van der Waals surface area contributed by atoms with Crippen molar-refractivity contribution in [2.24, 2.45) is 0 Å². The molecule has 1 aromatic heterocycles. The molecular formula is C15H15Cl2N3O4S. The van der Waals surface area contributed by atoms with Crippen molar-refractivity contribution >= 4 is 45.0 Å². The van der Waals surface area contributed by atoms with Crippen molar-refractivity contribution in [3.05, 3.63) is 45.8 Å². The van der Waals surface area contributed by atoms with Gasteiger partial charge in [0.2, 0.25) is 21.6 Å². The van der Waals surface area contributed by atoms with Crippen LogP contribution in [0.3, 0.4) is 0 Å². The predicted octanol–water partition coefficient (Wildman–Crippen LogP) is 2.54. The maximum absolute atomic E-state index is 11.7. The van der Waals surface area contributed by atoms with Gasteiger partial charge in [-0.1, -0.05) is 34.4 Å². The second kappa shape index (κ2) is 8.46. The SMILES string of the molecule is CS(=O)(=O)c1nnc(CCCNC(=O)/C=C/c2ccc(Cl)c(Cl)c2)o1. The highest BCUT2D eigenvalue weighted by atomic mass is 35.5. The van der Waals surface area contributed by atoms with Crippen LogP contribution in [0.5, 0.6) is 0 Å². The van der Waals surface area contributed by atoms with Crippen LogP contribution in [0.1, 0.15) is 17.9 Å². The van der Waals surface area contributed by atoms with Crippen LogP contribution in [0.15, 0.2) is 33.9 Å². The lowest BCUT2D eigenvalue weighted by Crippen LogP contribution is -2.22. The molecule has 7 nitrogen and oxygen atoms in total. The third-order valence-electron chi connectivity index (χ3n) is 3.00. The van der Waals surface area contributed by atoms with E-state index < -0.39 is 15.1 Å². The van der Waals surface area contributed by atoms with Gasteiger partial charge in [0.15, 0.2) is 0 Å². The Labute approximate surface area is 154 Å². The summed E-state index contributed by atoms with van der Waals surface area (Å²) in [6, 6.07) is 5.05. The lowest BCUT2D eigenvalue weighted by Gasteiger charge is -2.01. The number of carbonyl (C=O) groups excluding carboxylic acids is 1. The monoisotopic (exact) mass is 403 g/mol. The van der Waals surface area contributed by atoms with E-state index in [1.54, 1.807) is 24.3 Å². The summed E-state index contributed by atoms with van der Waals surface area (Å²) in [5, 5.41) is 10.2. The van der Waals surface area contributed by atoms with Crippen molar-refractivity contribution < 1.29 is 17.6 Å². The van der Waals surface area contributed by atoms with Crippen LogP contribution in [0.25, 0.3) is 6.08 Å². The summed E-state index contributed by atoms with van der Waals surface area (Å²) in [5.74, 6) is -0.0607. The molecule has 0 radical (unpaired) electrons. The minimum Gasteiger partial charge on any atom is -0.413 e. The number of nitrogens with zero attached hydrogens (tertiary/aromatic N) is 2. The Morgan fingerprint density at radius 2 is 2.04 bits per heavy atom. The summed E-state index contributed by atoms with van der Waals surface area (Å²) >= 11 is 11.7. The Morgan fingerprint density at radius 3 is 2.68 bits per heavy atom. The highest BCUT2D eigenvalue weighted by molar-refractivity contribution is 7.90. The first-order valence-corrected chi connectivity index (χ1v) is 9.84. The Hall–Kier alpha value is -1.90. The van der Waals surface area contributed by atoms with Crippen LogP contribution >= 0.6 is 23.2 Å². The molecule has 2 aromatic rings. The standard InChI is InChI=1S/C15H15Cl2N3O4S/c1-25(22,23)15-20-19-14(24-15)3-2-8-18-13(21)7-5-10-4-6-11(16)12(17)9-10/h4-7,9H,2-3,8H2,1H3,(H,18,21)/b7-5+. The lowest BCUT2D eigenvalue weighted by atomic mass is 10.2. The van der Waals surface area contributed by atoms with Crippen molar-refractivity contribution in [2.75, 3.05) is 12.8 Å². The number of amides is 1. The van der Waals surface area contributed by atoms with Crippen LogP contribution in [-0.2, 0) is 21.1 Å². The molecule has 2 rings (SSSR count). The summed E-state index contributed by atoms with van der Waals surface area (Å²) in [6.45, 7) is 0.376. The summed E-state index contributed by atoms with van der Waals surface area (Å²) in [4.78, 5) is 11.7. The Kier molecular flexibility index (Phi) is 6.57. The molecule has 0 aliphatic rings. The number of hydrogen-bond donors (Lipinski definition) is 1. The highest BCUT2D eigenvalue weighted by Crippen LogP contribution is 2.23. The zero-order valence-electron chi connectivity index (χ0n) is 13.2. The van der Waals surface area contributed by atoms with E-state index in [-0.39, 0.29) is 11.8 Å². The molecule has 0 aliphatic heterocycles. The molecule has 1 aromatic carbocycles. The molecule has 1 amide bonds. The first-order valence-electron chi connectivity index (χ1n) is 7.19. The number of aromatic nitrogens is 2. The van der Waals surface area contributed by atoms with Gasteiger partial charge in [-0.25, -0.2) is 8.42 Å². The Morgan fingerprint density at radius 1 is 1.28 bits per heavy atom. The summed E-state index contributed by atoms with van der Waals surface area (Å²) in [7, 11) is -3.50. The molecule has 0 unspecified atom stereocenters. The molecule has 1 N–H and O–H groups in total. The van der Waals surface area contributed by atoms with Gasteiger partial charge < -0.3 is 9.73 Å². The van der Waals surface area contributed by atoms with Gasteiger partial charge in [-0.2, -0.15) is 0 Å². The molecule has 0 fully saturated rings. The molecule has 1 heterocycles. The number of benzene rings is 1. The second-order valence-corrected chi connectivity index (χ2v) is 7.84. The number of hydrogen-bond acceptors (Lipinski definition) is 6. The summed E-state index contributed by atoms with van der Waals surface area (Å²) in [5.41, 5.74) is 0.753. The van der Waals surface area contributed by atoms with Gasteiger partial charge in [0.05, 0.1) is 10.0 Å². The third kappa shape index (κ3) is 6.15. The molecule has 0 saturated heterocycles. The van der Waals surface area contributed by atoms with Gasteiger partial charge in [-0.05, 0) is 30.2 Å². The van der Waals surface area contributed by atoms with E-state index in [2.05, 4.69) is 15.5 Å². The van der Waals surface area contributed by atoms with Crippen molar-refractivity contribution in [2.45, 2.75) is 18.1 Å². The van der Waals surface area contributed by atoms with E-state index >= 15 is 0 Å². The largest absolute Gasteiger partial charge is 0.413 e. The Balaban J connectivity index is 1.76. The lowest BCUT2D eigenvalue weighted by molar-refractivity contribution is -0.116. The average Bonchev–Trinajstić information content (AvgIpc) is 3.02. The fraction of sp³-hybridized carbons (Fsp3) is 0.267. The average molecular weight is 404 g/mol. The minimum atomic E-state index is -3.50. The van der Waals surface area contributed by atoms with E-state index in [1.165, 1.54) is 6.08 Å². The molecule has 0 aliphatic carbocycles. The molecular weight excluding hydrogens is 389 g/mol. The van der Waals surface area contributed by atoms with E-state index in [0.29, 0.717) is 29.4 Å². The van der Waals surface area contributed by atoms with Gasteiger partial charge in [0.25, 0.3) is 0 Å². The second-order valence-electron chi connectivity index (χ2n) is 5.14. The molecule has 0 atom stereocenters. The number of rotatable bonds is 7. The van der Waals surface area contributed by atoms with E-state index in [1.807, 2.05) is 0 Å². The van der Waals surface area contributed by atoms with Gasteiger partial charge in [-0.15, -0.1) is 5.10 Å². The number of sulfone groups is 1. The van der Waals surface area contributed by atoms with Crippen molar-refractivity contribution in [3.8, 4) is 0 Å². The molecule has 25 heavy (non-hydrogen) atoms. The van der Waals surface area contributed by atoms with E-state index in [9.17, 15) is 13.2 Å². The van der Waals surface area contributed by atoms with Crippen molar-refractivity contribution in [3.63, 3.8) is 0 Å². The fourth-order valence-electron chi connectivity index (χ4n) is 1.79. The number of carbonyl (C=O) groups is 1. The first-order chi connectivity index (χ1) is 11.8. The predicted molar refractivity (Wildman–Crippen MR) is 94.2 cm³/mol. The van der Waals surface area contributed by atoms with E-state index in [0.717, 1.165) is 11.8 Å². The quantitative estimate of drug-likeness (QED) is 0.562. The van der Waals surface area contributed by atoms with Gasteiger partial charge in [0, 0.05) is 25.3 Å². The van der Waals surface area contributed by atoms with Crippen LogP contribution in [0.4, 0.5) is 0 Å². The molecule has 0 spiro atoms. The van der Waals surface area contributed by atoms with Crippen LogP contribution in [-0.4, -0.2) is 37.3 Å². The van der Waals surface area contributed by atoms with Crippen LogP contribution in [0, 0.1) is 0 Å². The zero-order chi connectivity index (χ0) is 18.4. The summed E-state index contributed by atoms with van der Waals surface area (Å²) in [6.07, 6.45) is 4.88. The minimum absolute atomic E-state index is 0.209. The van der Waals surface area contributed by atoms with Crippen LogP contribution in [0.2, 0.25) is 10.0 Å². The van der Waals surface area contributed by atoms with Crippen molar-refractivity contribution in [1.29, 1.82) is 0 Å². The number of aryl methyl sites for hydroxylation is 1. The normalized spacial score (nSPS) is 11.8. The highest BCUT2D eigenvalue weighted by Gasteiger charge is 2.16. The van der Waals surface area contributed by atoms with Gasteiger partial charge in [-0.3, -0.25) is 4.79 Å². The molecule has 10 heteroatoms. The number of nitrogens with one attached hydrogen (secondary N) is 1. The third-order valence-corrected chi connectivity index (χ3v) is 4.54. The number of halogens is 2. The smallest absolute Gasteiger partial charge is 0.335 e.